The maximum absolute atomic E-state index is 5.41. The lowest BCUT2D eigenvalue weighted by molar-refractivity contribution is 0.449. The number of furan rings is 1. The Bertz CT molecular complexity index is 411. The molecule has 1 N–H and O–H groups in total. The Morgan fingerprint density at radius 1 is 1.29 bits per heavy atom. The molecule has 2 aromatic heterocycles. The summed E-state index contributed by atoms with van der Waals surface area (Å²) in [6.45, 7) is 3.18. The van der Waals surface area contributed by atoms with Crippen LogP contribution in [0.4, 0.5) is 0 Å². The van der Waals surface area contributed by atoms with Gasteiger partial charge in [0.15, 0.2) is 0 Å². The van der Waals surface area contributed by atoms with Crippen molar-refractivity contribution >= 4 is 0 Å². The van der Waals surface area contributed by atoms with Gasteiger partial charge in [-0.25, -0.2) is 0 Å². The minimum atomic E-state index is 0.295. The third kappa shape index (κ3) is 3.43. The van der Waals surface area contributed by atoms with Crippen LogP contribution in [0.15, 0.2) is 47.3 Å². The molecule has 2 aromatic rings. The van der Waals surface area contributed by atoms with Gasteiger partial charge in [0.1, 0.15) is 5.76 Å². The van der Waals surface area contributed by atoms with Crippen molar-refractivity contribution in [3.8, 4) is 0 Å². The number of nitrogens with one attached hydrogen (secondary N) is 1. The number of pyridine rings is 1. The molecule has 0 spiro atoms. The van der Waals surface area contributed by atoms with E-state index in [2.05, 4.69) is 29.4 Å². The minimum absolute atomic E-state index is 0.295. The SMILES string of the molecule is CCCNC(Cc1ccco1)c1ccncc1. The van der Waals surface area contributed by atoms with Gasteiger partial charge < -0.3 is 9.73 Å². The third-order valence-electron chi connectivity index (χ3n) is 2.73. The quantitative estimate of drug-likeness (QED) is 0.829. The summed E-state index contributed by atoms with van der Waals surface area (Å²) < 4.78 is 5.41. The average molecular weight is 230 g/mol. The van der Waals surface area contributed by atoms with Gasteiger partial charge in [-0.2, -0.15) is 0 Å². The van der Waals surface area contributed by atoms with Gasteiger partial charge in [0.05, 0.1) is 6.26 Å². The van der Waals surface area contributed by atoms with Crippen molar-refractivity contribution < 1.29 is 4.42 Å². The molecule has 3 nitrogen and oxygen atoms in total. The monoisotopic (exact) mass is 230 g/mol. The summed E-state index contributed by atoms with van der Waals surface area (Å²) in [4.78, 5) is 4.05. The van der Waals surface area contributed by atoms with Crippen molar-refractivity contribution in [1.82, 2.24) is 10.3 Å². The largest absolute Gasteiger partial charge is 0.469 e. The fraction of sp³-hybridized carbons (Fsp3) is 0.357. The Morgan fingerprint density at radius 3 is 2.76 bits per heavy atom. The van der Waals surface area contributed by atoms with Crippen LogP contribution in [-0.4, -0.2) is 11.5 Å². The van der Waals surface area contributed by atoms with Crippen LogP contribution in [0.5, 0.6) is 0 Å². The smallest absolute Gasteiger partial charge is 0.105 e. The van der Waals surface area contributed by atoms with Crippen LogP contribution in [0.3, 0.4) is 0 Å². The van der Waals surface area contributed by atoms with E-state index >= 15 is 0 Å². The van der Waals surface area contributed by atoms with E-state index in [4.69, 9.17) is 4.42 Å². The van der Waals surface area contributed by atoms with Crippen molar-refractivity contribution in [3.63, 3.8) is 0 Å². The summed E-state index contributed by atoms with van der Waals surface area (Å²) in [7, 11) is 0. The van der Waals surface area contributed by atoms with Crippen molar-refractivity contribution in [1.29, 1.82) is 0 Å². The van der Waals surface area contributed by atoms with Crippen LogP contribution < -0.4 is 5.32 Å². The van der Waals surface area contributed by atoms with Gasteiger partial charge >= 0.3 is 0 Å². The van der Waals surface area contributed by atoms with Crippen molar-refractivity contribution in [2.75, 3.05) is 6.54 Å². The zero-order valence-corrected chi connectivity index (χ0v) is 10.1. The molecule has 0 aromatic carbocycles. The lowest BCUT2D eigenvalue weighted by Gasteiger charge is -2.17. The Morgan fingerprint density at radius 2 is 2.12 bits per heavy atom. The maximum Gasteiger partial charge on any atom is 0.105 e. The molecule has 3 heteroatoms. The lowest BCUT2D eigenvalue weighted by atomic mass is 10.0. The summed E-state index contributed by atoms with van der Waals surface area (Å²) >= 11 is 0. The molecular weight excluding hydrogens is 212 g/mol. The van der Waals surface area contributed by atoms with Gasteiger partial charge in [0, 0.05) is 24.9 Å². The molecule has 0 amide bonds. The fourth-order valence-electron chi connectivity index (χ4n) is 1.85. The number of hydrogen-bond acceptors (Lipinski definition) is 3. The van der Waals surface area contributed by atoms with Crippen LogP contribution in [0.25, 0.3) is 0 Å². The first-order valence-corrected chi connectivity index (χ1v) is 6.06. The molecule has 0 bridgehead atoms. The molecule has 0 saturated heterocycles. The number of rotatable bonds is 6. The molecule has 0 aliphatic carbocycles. The molecule has 90 valence electrons. The second-order valence-electron chi connectivity index (χ2n) is 4.07. The Labute approximate surface area is 102 Å². The van der Waals surface area contributed by atoms with E-state index in [0.717, 1.165) is 25.1 Å². The molecule has 0 saturated carbocycles. The summed E-state index contributed by atoms with van der Waals surface area (Å²) in [6, 6.07) is 8.34. The first-order valence-electron chi connectivity index (χ1n) is 6.06. The molecule has 2 heterocycles. The molecule has 0 fully saturated rings. The maximum atomic E-state index is 5.41. The van der Waals surface area contributed by atoms with Gasteiger partial charge in [0.2, 0.25) is 0 Å². The zero-order valence-electron chi connectivity index (χ0n) is 10.1. The van der Waals surface area contributed by atoms with Gasteiger partial charge in [-0.3, -0.25) is 4.98 Å². The molecular formula is C14H18N2O. The lowest BCUT2D eigenvalue weighted by Crippen LogP contribution is -2.23. The molecule has 17 heavy (non-hydrogen) atoms. The summed E-state index contributed by atoms with van der Waals surface area (Å²) in [5.74, 6) is 1.01. The fourth-order valence-corrected chi connectivity index (χ4v) is 1.85. The van der Waals surface area contributed by atoms with E-state index < -0.39 is 0 Å². The van der Waals surface area contributed by atoms with Gasteiger partial charge in [-0.05, 0) is 42.8 Å². The zero-order chi connectivity index (χ0) is 11.9. The highest BCUT2D eigenvalue weighted by Crippen LogP contribution is 2.18. The van der Waals surface area contributed by atoms with Crippen molar-refractivity contribution in [2.45, 2.75) is 25.8 Å². The highest BCUT2D eigenvalue weighted by atomic mass is 16.3. The van der Waals surface area contributed by atoms with Crippen molar-refractivity contribution in [3.05, 3.63) is 54.2 Å². The summed E-state index contributed by atoms with van der Waals surface area (Å²) in [5.41, 5.74) is 1.25. The molecule has 0 aliphatic rings. The Balaban J connectivity index is 2.08. The Kier molecular flexibility index (Phi) is 4.33. The number of nitrogens with zero attached hydrogens (tertiary/aromatic N) is 1. The predicted octanol–water partition coefficient (Wildman–Crippen LogP) is 2.96. The van der Waals surface area contributed by atoms with Gasteiger partial charge in [-0.1, -0.05) is 6.92 Å². The van der Waals surface area contributed by atoms with E-state index in [9.17, 15) is 0 Å². The van der Waals surface area contributed by atoms with E-state index in [1.807, 2.05) is 24.5 Å². The second-order valence-corrected chi connectivity index (χ2v) is 4.07. The highest BCUT2D eigenvalue weighted by molar-refractivity contribution is 5.17. The standard InChI is InChI=1S/C14H18N2O/c1-2-7-16-14(11-13-4-3-10-17-13)12-5-8-15-9-6-12/h3-6,8-10,14,16H,2,7,11H2,1H3. The third-order valence-corrected chi connectivity index (χ3v) is 2.73. The van der Waals surface area contributed by atoms with Crippen LogP contribution in [0, 0.1) is 0 Å². The van der Waals surface area contributed by atoms with E-state index in [1.165, 1.54) is 5.56 Å². The summed E-state index contributed by atoms with van der Waals surface area (Å²) in [6.07, 6.45) is 7.38. The number of aromatic nitrogens is 1. The van der Waals surface area contributed by atoms with Gasteiger partial charge in [-0.15, -0.1) is 0 Å². The molecule has 1 atom stereocenters. The van der Waals surface area contributed by atoms with Crippen molar-refractivity contribution in [2.24, 2.45) is 0 Å². The first-order chi connectivity index (χ1) is 8.40. The first kappa shape index (κ1) is 11.9. The van der Waals surface area contributed by atoms with Gasteiger partial charge in [0.25, 0.3) is 0 Å². The van der Waals surface area contributed by atoms with E-state index in [0.29, 0.717) is 6.04 Å². The van der Waals surface area contributed by atoms with Crippen LogP contribution in [0.1, 0.15) is 30.7 Å². The second kappa shape index (κ2) is 6.21. The van der Waals surface area contributed by atoms with Crippen LogP contribution >= 0.6 is 0 Å². The normalized spacial score (nSPS) is 12.5. The van der Waals surface area contributed by atoms with E-state index in [-0.39, 0.29) is 0 Å². The topological polar surface area (TPSA) is 38.1 Å². The molecule has 2 rings (SSSR count). The minimum Gasteiger partial charge on any atom is -0.469 e. The van der Waals surface area contributed by atoms with Crippen LogP contribution in [0.2, 0.25) is 0 Å². The molecule has 0 aliphatic heterocycles. The number of hydrogen-bond donors (Lipinski definition) is 1. The summed E-state index contributed by atoms with van der Waals surface area (Å²) in [5, 5.41) is 3.54. The Hall–Kier alpha value is -1.61. The van der Waals surface area contributed by atoms with Crippen LogP contribution in [-0.2, 0) is 6.42 Å². The molecule has 0 radical (unpaired) electrons. The highest BCUT2D eigenvalue weighted by Gasteiger charge is 2.12. The van der Waals surface area contributed by atoms with E-state index in [1.54, 1.807) is 6.26 Å². The molecule has 1 unspecified atom stereocenters. The predicted molar refractivity (Wildman–Crippen MR) is 67.7 cm³/mol. The average Bonchev–Trinajstić information content (AvgIpc) is 2.88.